The van der Waals surface area contributed by atoms with Crippen LogP contribution in [0.1, 0.15) is 13.3 Å². The summed E-state index contributed by atoms with van der Waals surface area (Å²) in [5.41, 5.74) is 0. The molecule has 6 heteroatoms. The molecule has 0 aliphatic carbocycles. The van der Waals surface area contributed by atoms with Gasteiger partial charge >= 0.3 is 5.97 Å². The van der Waals surface area contributed by atoms with Gasteiger partial charge in [-0.3, -0.25) is 4.79 Å². The molecule has 3 atom stereocenters. The highest BCUT2D eigenvalue weighted by Crippen LogP contribution is 2.25. The molecule has 0 aromatic heterocycles. The summed E-state index contributed by atoms with van der Waals surface area (Å²) in [4.78, 5) is 24.8. The number of carboxylic acid groups (broad SMARTS) is 1. The number of carboxylic acids is 1. The van der Waals surface area contributed by atoms with E-state index in [0.717, 1.165) is 6.42 Å². The molecule has 0 aromatic rings. The number of morpholine rings is 1. The van der Waals surface area contributed by atoms with Crippen molar-refractivity contribution in [3.05, 3.63) is 0 Å². The van der Waals surface area contributed by atoms with Gasteiger partial charge in [-0.15, -0.1) is 0 Å². The third-order valence-electron chi connectivity index (χ3n) is 3.46. The summed E-state index contributed by atoms with van der Waals surface area (Å²) in [5, 5.41) is 12.2. The van der Waals surface area contributed by atoms with E-state index in [4.69, 9.17) is 9.84 Å². The minimum atomic E-state index is -0.917. The van der Waals surface area contributed by atoms with E-state index in [1.807, 2.05) is 6.92 Å². The van der Waals surface area contributed by atoms with E-state index in [-0.39, 0.29) is 11.8 Å². The van der Waals surface area contributed by atoms with E-state index < -0.39 is 18.1 Å². The quantitative estimate of drug-likeness (QED) is 0.669. The fourth-order valence-corrected chi connectivity index (χ4v) is 2.50. The van der Waals surface area contributed by atoms with Crippen LogP contribution in [0.15, 0.2) is 0 Å². The lowest BCUT2D eigenvalue weighted by Gasteiger charge is -2.30. The van der Waals surface area contributed by atoms with Crippen LogP contribution in [0.4, 0.5) is 0 Å². The molecule has 0 bridgehead atoms. The molecule has 17 heavy (non-hydrogen) atoms. The number of hydrogen-bond acceptors (Lipinski definition) is 4. The first kappa shape index (κ1) is 12.3. The lowest BCUT2D eigenvalue weighted by Crippen LogP contribution is -2.55. The highest BCUT2D eigenvalue weighted by atomic mass is 16.5. The van der Waals surface area contributed by atoms with Gasteiger partial charge in [0.05, 0.1) is 13.2 Å². The summed E-state index contributed by atoms with van der Waals surface area (Å²) >= 11 is 0. The van der Waals surface area contributed by atoms with Crippen LogP contribution in [0.2, 0.25) is 0 Å². The number of rotatable bonds is 2. The van der Waals surface area contributed by atoms with Gasteiger partial charge in [0.25, 0.3) is 0 Å². The lowest BCUT2D eigenvalue weighted by molar-refractivity contribution is -0.151. The topological polar surface area (TPSA) is 78.9 Å². The second-order valence-electron chi connectivity index (χ2n) is 4.66. The summed E-state index contributed by atoms with van der Waals surface area (Å²) in [6.07, 6.45) is 0.746. The van der Waals surface area contributed by atoms with Crippen LogP contribution in [-0.4, -0.2) is 60.3 Å². The number of carbonyl (C=O) groups is 2. The number of nitrogens with zero attached hydrogens (tertiary/aromatic N) is 1. The summed E-state index contributed by atoms with van der Waals surface area (Å²) in [6, 6.07) is -1.08. The second kappa shape index (κ2) is 5.01. The Hall–Kier alpha value is -1.14. The zero-order valence-corrected chi connectivity index (χ0v) is 9.89. The standard InChI is InChI=1S/C11H18N2O4/c1-7-2-4-13(9(7)11(15)16)10(14)8-6-17-5-3-12-8/h7-9,12H,2-6H2,1H3,(H,15,16). The molecule has 2 rings (SSSR count). The molecule has 0 spiro atoms. The van der Waals surface area contributed by atoms with Crippen molar-refractivity contribution in [3.63, 3.8) is 0 Å². The van der Waals surface area contributed by atoms with E-state index in [1.165, 1.54) is 4.90 Å². The number of nitrogens with one attached hydrogen (secondary N) is 1. The molecule has 2 saturated heterocycles. The van der Waals surface area contributed by atoms with Crippen LogP contribution in [0.5, 0.6) is 0 Å². The van der Waals surface area contributed by atoms with Gasteiger partial charge in [0, 0.05) is 13.1 Å². The molecule has 2 N–H and O–H groups in total. The Balaban J connectivity index is 2.05. The number of ether oxygens (including phenoxy) is 1. The van der Waals surface area contributed by atoms with Crippen LogP contribution in [-0.2, 0) is 14.3 Å². The molecule has 6 nitrogen and oxygen atoms in total. The average molecular weight is 242 g/mol. The molecular weight excluding hydrogens is 224 g/mol. The van der Waals surface area contributed by atoms with Crippen molar-refractivity contribution in [2.75, 3.05) is 26.3 Å². The predicted molar refractivity (Wildman–Crippen MR) is 59.5 cm³/mol. The number of carbonyl (C=O) groups excluding carboxylic acids is 1. The van der Waals surface area contributed by atoms with Crippen molar-refractivity contribution in [1.29, 1.82) is 0 Å². The van der Waals surface area contributed by atoms with E-state index in [2.05, 4.69) is 5.32 Å². The highest BCUT2D eigenvalue weighted by Gasteiger charge is 2.41. The average Bonchev–Trinajstić information content (AvgIpc) is 2.71. The van der Waals surface area contributed by atoms with Crippen molar-refractivity contribution in [2.24, 2.45) is 5.92 Å². The SMILES string of the molecule is CC1CCN(C(=O)C2COCCN2)C1C(=O)O. The van der Waals surface area contributed by atoms with Crippen molar-refractivity contribution < 1.29 is 19.4 Å². The molecule has 2 heterocycles. The van der Waals surface area contributed by atoms with E-state index >= 15 is 0 Å². The Morgan fingerprint density at radius 1 is 1.47 bits per heavy atom. The Kier molecular flexibility index (Phi) is 3.63. The zero-order valence-electron chi connectivity index (χ0n) is 9.89. The Morgan fingerprint density at radius 3 is 2.82 bits per heavy atom. The number of amides is 1. The summed E-state index contributed by atoms with van der Waals surface area (Å²) in [5.74, 6) is -1.05. The van der Waals surface area contributed by atoms with Crippen LogP contribution >= 0.6 is 0 Å². The van der Waals surface area contributed by atoms with E-state index in [0.29, 0.717) is 26.3 Å². The fourth-order valence-electron chi connectivity index (χ4n) is 2.50. The molecule has 2 aliphatic rings. The first-order valence-electron chi connectivity index (χ1n) is 5.95. The van der Waals surface area contributed by atoms with Gasteiger partial charge in [-0.05, 0) is 12.3 Å². The van der Waals surface area contributed by atoms with Crippen LogP contribution in [0.3, 0.4) is 0 Å². The molecule has 2 fully saturated rings. The molecule has 0 saturated carbocycles. The third kappa shape index (κ3) is 2.42. The minimum absolute atomic E-state index is 0.0148. The van der Waals surface area contributed by atoms with Crippen LogP contribution in [0, 0.1) is 5.92 Å². The molecule has 1 amide bonds. The second-order valence-corrected chi connectivity index (χ2v) is 4.66. The maximum absolute atomic E-state index is 12.2. The number of aliphatic carboxylic acids is 1. The summed E-state index contributed by atoms with van der Waals surface area (Å²) in [6.45, 7) is 3.96. The first-order valence-corrected chi connectivity index (χ1v) is 5.95. The largest absolute Gasteiger partial charge is 0.480 e. The maximum Gasteiger partial charge on any atom is 0.326 e. The normalized spacial score (nSPS) is 33.7. The number of likely N-dealkylation sites (tertiary alicyclic amines) is 1. The minimum Gasteiger partial charge on any atom is -0.480 e. The van der Waals surface area contributed by atoms with Crippen LogP contribution in [0.25, 0.3) is 0 Å². The fraction of sp³-hybridized carbons (Fsp3) is 0.818. The predicted octanol–water partition coefficient (Wildman–Crippen LogP) is -0.704. The van der Waals surface area contributed by atoms with Gasteiger partial charge in [-0.25, -0.2) is 4.79 Å². The number of hydrogen-bond donors (Lipinski definition) is 2. The van der Waals surface area contributed by atoms with Gasteiger partial charge in [0.15, 0.2) is 0 Å². The van der Waals surface area contributed by atoms with Gasteiger partial charge < -0.3 is 20.1 Å². The Morgan fingerprint density at radius 2 is 2.24 bits per heavy atom. The first-order chi connectivity index (χ1) is 8.11. The van der Waals surface area contributed by atoms with Gasteiger partial charge in [-0.1, -0.05) is 6.92 Å². The van der Waals surface area contributed by atoms with Gasteiger partial charge in [0.2, 0.25) is 5.91 Å². The lowest BCUT2D eigenvalue weighted by atomic mass is 10.0. The Bertz CT molecular complexity index is 315. The third-order valence-corrected chi connectivity index (χ3v) is 3.46. The molecule has 0 radical (unpaired) electrons. The van der Waals surface area contributed by atoms with Crippen molar-refractivity contribution in [1.82, 2.24) is 10.2 Å². The molecule has 0 aromatic carbocycles. The maximum atomic E-state index is 12.2. The van der Waals surface area contributed by atoms with E-state index in [9.17, 15) is 9.59 Å². The monoisotopic (exact) mass is 242 g/mol. The zero-order chi connectivity index (χ0) is 12.4. The van der Waals surface area contributed by atoms with Crippen molar-refractivity contribution in [3.8, 4) is 0 Å². The van der Waals surface area contributed by atoms with Crippen molar-refractivity contribution in [2.45, 2.75) is 25.4 Å². The molecule has 3 unspecified atom stereocenters. The highest BCUT2D eigenvalue weighted by molar-refractivity contribution is 5.88. The van der Waals surface area contributed by atoms with Gasteiger partial charge in [0.1, 0.15) is 12.1 Å². The Labute approximate surface area is 99.9 Å². The summed E-state index contributed by atoms with van der Waals surface area (Å²) in [7, 11) is 0. The molecular formula is C11H18N2O4. The molecule has 96 valence electrons. The van der Waals surface area contributed by atoms with E-state index in [1.54, 1.807) is 0 Å². The summed E-state index contributed by atoms with van der Waals surface area (Å²) < 4.78 is 5.23. The smallest absolute Gasteiger partial charge is 0.326 e. The van der Waals surface area contributed by atoms with Crippen molar-refractivity contribution >= 4 is 11.9 Å². The molecule has 2 aliphatic heterocycles. The van der Waals surface area contributed by atoms with Gasteiger partial charge in [-0.2, -0.15) is 0 Å². The van der Waals surface area contributed by atoms with Crippen LogP contribution < -0.4 is 5.32 Å².